The predicted octanol–water partition coefficient (Wildman–Crippen LogP) is 4.18. The Morgan fingerprint density at radius 1 is 1.08 bits per heavy atom. The Morgan fingerprint density at radius 2 is 1.68 bits per heavy atom. The van der Waals surface area contributed by atoms with Crippen LogP contribution in [0.1, 0.15) is 15.9 Å². The lowest BCUT2D eigenvalue weighted by Crippen LogP contribution is -2.35. The first kappa shape index (κ1) is 19.0. The molecule has 0 fully saturated rings. The number of rotatable bonds is 4. The third kappa shape index (κ3) is 5.06. The molecule has 4 nitrogen and oxygen atoms in total. The second kappa shape index (κ2) is 7.69. The summed E-state index contributed by atoms with van der Waals surface area (Å²) in [6.07, 6.45) is -4.46. The molecular weight excluding hydrogens is 401 g/mol. The molecule has 0 saturated heterocycles. The molecule has 2 rings (SSSR count). The quantitative estimate of drug-likeness (QED) is 0.815. The minimum atomic E-state index is -4.46. The third-order valence-corrected chi connectivity index (χ3v) is 4.03. The van der Waals surface area contributed by atoms with Gasteiger partial charge >= 0.3 is 6.18 Å². The van der Waals surface area contributed by atoms with Gasteiger partial charge in [-0.3, -0.25) is 9.59 Å². The zero-order valence-electron chi connectivity index (χ0n) is 13.1. The number of likely N-dealkylation sites (N-methyl/N-ethyl adjacent to an activating group) is 1. The Hall–Kier alpha value is -2.35. The summed E-state index contributed by atoms with van der Waals surface area (Å²) >= 11 is 3.29. The van der Waals surface area contributed by atoms with Gasteiger partial charge in [0.1, 0.15) is 0 Å². The van der Waals surface area contributed by atoms with E-state index in [0.717, 1.165) is 29.2 Å². The van der Waals surface area contributed by atoms with Gasteiger partial charge in [-0.1, -0.05) is 12.1 Å². The summed E-state index contributed by atoms with van der Waals surface area (Å²) in [7, 11) is 1.40. The molecule has 0 atom stereocenters. The summed E-state index contributed by atoms with van der Waals surface area (Å²) in [4.78, 5) is 25.4. The van der Waals surface area contributed by atoms with E-state index < -0.39 is 23.6 Å². The van der Waals surface area contributed by atoms with Gasteiger partial charge in [-0.25, -0.2) is 0 Å². The molecule has 2 aromatic rings. The van der Waals surface area contributed by atoms with Crippen molar-refractivity contribution in [2.45, 2.75) is 6.18 Å². The molecule has 132 valence electrons. The van der Waals surface area contributed by atoms with Crippen molar-refractivity contribution in [2.75, 3.05) is 18.9 Å². The van der Waals surface area contributed by atoms with Crippen LogP contribution in [0.5, 0.6) is 0 Å². The smallest absolute Gasteiger partial charge is 0.332 e. The minimum Gasteiger partial charge on any atom is -0.332 e. The lowest BCUT2D eigenvalue weighted by molar-refractivity contribution is -0.137. The van der Waals surface area contributed by atoms with E-state index in [1.54, 1.807) is 24.3 Å². The van der Waals surface area contributed by atoms with Crippen molar-refractivity contribution in [3.8, 4) is 0 Å². The molecule has 25 heavy (non-hydrogen) atoms. The summed E-state index contributed by atoms with van der Waals surface area (Å²) < 4.78 is 38.3. The number of halogens is 4. The lowest BCUT2D eigenvalue weighted by atomic mass is 10.1. The van der Waals surface area contributed by atoms with Crippen molar-refractivity contribution < 1.29 is 22.8 Å². The number of hydrogen-bond acceptors (Lipinski definition) is 2. The molecule has 0 aliphatic heterocycles. The number of carbonyl (C=O) groups is 2. The van der Waals surface area contributed by atoms with Crippen LogP contribution in [0.15, 0.2) is 53.0 Å². The molecule has 0 aliphatic carbocycles. The topological polar surface area (TPSA) is 49.4 Å². The monoisotopic (exact) mass is 414 g/mol. The van der Waals surface area contributed by atoms with Crippen molar-refractivity contribution >= 4 is 33.4 Å². The molecule has 2 aromatic carbocycles. The van der Waals surface area contributed by atoms with Gasteiger partial charge in [0.05, 0.1) is 17.8 Å². The first-order valence-electron chi connectivity index (χ1n) is 7.15. The molecular formula is C17H14BrF3N2O2. The zero-order chi connectivity index (χ0) is 18.6. The van der Waals surface area contributed by atoms with Crippen LogP contribution in [0.3, 0.4) is 0 Å². The van der Waals surface area contributed by atoms with Crippen LogP contribution in [-0.2, 0) is 11.0 Å². The molecule has 0 bridgehead atoms. The van der Waals surface area contributed by atoms with Crippen LogP contribution in [0, 0.1) is 0 Å². The second-order valence-electron chi connectivity index (χ2n) is 5.26. The van der Waals surface area contributed by atoms with Gasteiger partial charge < -0.3 is 10.2 Å². The average molecular weight is 415 g/mol. The largest absolute Gasteiger partial charge is 0.416 e. The number of hydrogen-bond donors (Lipinski definition) is 1. The van der Waals surface area contributed by atoms with E-state index in [-0.39, 0.29) is 12.1 Å². The van der Waals surface area contributed by atoms with E-state index in [1.807, 2.05) is 0 Å². The van der Waals surface area contributed by atoms with E-state index in [9.17, 15) is 22.8 Å². The zero-order valence-corrected chi connectivity index (χ0v) is 14.7. The highest BCUT2D eigenvalue weighted by atomic mass is 79.9. The molecule has 0 spiro atoms. The SMILES string of the molecule is CN(CC(=O)Nc1ccccc1Br)C(=O)c1ccc(C(F)(F)F)cc1. The van der Waals surface area contributed by atoms with Crippen LogP contribution in [0.2, 0.25) is 0 Å². The van der Waals surface area contributed by atoms with Gasteiger partial charge in [-0.05, 0) is 52.3 Å². The predicted molar refractivity (Wildman–Crippen MR) is 91.2 cm³/mol. The van der Waals surface area contributed by atoms with Crippen LogP contribution >= 0.6 is 15.9 Å². The maximum atomic E-state index is 12.5. The molecule has 8 heteroatoms. The first-order valence-corrected chi connectivity index (χ1v) is 7.95. The van der Waals surface area contributed by atoms with E-state index in [2.05, 4.69) is 21.2 Å². The van der Waals surface area contributed by atoms with E-state index >= 15 is 0 Å². The summed E-state index contributed by atoms with van der Waals surface area (Å²) in [5, 5.41) is 2.65. The molecule has 0 aromatic heterocycles. The molecule has 2 amide bonds. The van der Waals surface area contributed by atoms with Gasteiger partial charge in [0, 0.05) is 17.1 Å². The van der Waals surface area contributed by atoms with E-state index in [1.165, 1.54) is 7.05 Å². The maximum Gasteiger partial charge on any atom is 0.416 e. The molecule has 0 aliphatic rings. The Balaban J connectivity index is 2.00. The maximum absolute atomic E-state index is 12.5. The molecule has 0 saturated carbocycles. The highest BCUT2D eigenvalue weighted by Gasteiger charge is 2.30. The molecule has 0 unspecified atom stereocenters. The number of para-hydroxylation sites is 1. The fourth-order valence-corrected chi connectivity index (χ4v) is 2.45. The van der Waals surface area contributed by atoms with Gasteiger partial charge in [0.15, 0.2) is 0 Å². The van der Waals surface area contributed by atoms with Crippen LogP contribution in [0.4, 0.5) is 18.9 Å². The summed E-state index contributed by atoms with van der Waals surface area (Å²) in [5.74, 6) is -0.967. The summed E-state index contributed by atoms with van der Waals surface area (Å²) in [5.41, 5.74) is -0.203. The highest BCUT2D eigenvalue weighted by Crippen LogP contribution is 2.29. The van der Waals surface area contributed by atoms with Crippen molar-refractivity contribution in [1.29, 1.82) is 0 Å². The summed E-state index contributed by atoms with van der Waals surface area (Å²) in [6.45, 7) is -0.235. The standard InChI is InChI=1S/C17H14BrF3N2O2/c1-23(10-15(24)22-14-5-3-2-4-13(14)18)16(25)11-6-8-12(9-7-11)17(19,20)21/h2-9H,10H2,1H3,(H,22,24). The number of carbonyl (C=O) groups excluding carboxylic acids is 2. The molecule has 0 radical (unpaired) electrons. The van der Waals surface area contributed by atoms with Gasteiger partial charge in [-0.2, -0.15) is 13.2 Å². The van der Waals surface area contributed by atoms with Crippen molar-refractivity contribution in [1.82, 2.24) is 4.90 Å². The normalized spacial score (nSPS) is 11.1. The van der Waals surface area contributed by atoms with Crippen molar-refractivity contribution in [3.63, 3.8) is 0 Å². The van der Waals surface area contributed by atoms with Crippen LogP contribution in [-0.4, -0.2) is 30.3 Å². The van der Waals surface area contributed by atoms with Gasteiger partial charge in [-0.15, -0.1) is 0 Å². The molecule has 1 N–H and O–H groups in total. The fraction of sp³-hybridized carbons (Fsp3) is 0.176. The Labute approximate surface area is 150 Å². The lowest BCUT2D eigenvalue weighted by Gasteiger charge is -2.17. The van der Waals surface area contributed by atoms with E-state index in [0.29, 0.717) is 10.2 Å². The van der Waals surface area contributed by atoms with E-state index in [4.69, 9.17) is 0 Å². The Kier molecular flexibility index (Phi) is 5.84. The average Bonchev–Trinajstić information content (AvgIpc) is 2.55. The van der Waals surface area contributed by atoms with Crippen molar-refractivity contribution in [3.05, 3.63) is 64.1 Å². The Morgan fingerprint density at radius 3 is 2.24 bits per heavy atom. The number of nitrogens with zero attached hydrogens (tertiary/aromatic N) is 1. The van der Waals surface area contributed by atoms with Crippen molar-refractivity contribution in [2.24, 2.45) is 0 Å². The number of amides is 2. The fourth-order valence-electron chi connectivity index (χ4n) is 2.06. The number of nitrogens with one attached hydrogen (secondary N) is 1. The number of benzene rings is 2. The highest BCUT2D eigenvalue weighted by molar-refractivity contribution is 9.10. The third-order valence-electron chi connectivity index (χ3n) is 3.33. The summed E-state index contributed by atoms with van der Waals surface area (Å²) in [6, 6.07) is 10.8. The second-order valence-corrected chi connectivity index (χ2v) is 6.12. The van der Waals surface area contributed by atoms with Crippen LogP contribution in [0.25, 0.3) is 0 Å². The van der Waals surface area contributed by atoms with Crippen LogP contribution < -0.4 is 5.32 Å². The Bertz CT molecular complexity index is 776. The van der Waals surface area contributed by atoms with Gasteiger partial charge in [0.2, 0.25) is 5.91 Å². The molecule has 0 heterocycles. The van der Waals surface area contributed by atoms with Gasteiger partial charge in [0.25, 0.3) is 5.91 Å². The number of anilines is 1. The number of alkyl halides is 3. The first-order chi connectivity index (χ1) is 11.7. The minimum absolute atomic E-state index is 0.0733.